The van der Waals surface area contributed by atoms with Gasteiger partial charge in [-0.3, -0.25) is 0 Å². The Morgan fingerprint density at radius 2 is 2.17 bits per heavy atom. The van der Waals surface area contributed by atoms with Crippen LogP contribution in [0.4, 0.5) is 0 Å². The topological polar surface area (TPSA) is 12.0 Å². The van der Waals surface area contributed by atoms with Crippen molar-refractivity contribution in [2.45, 2.75) is 52.5 Å². The van der Waals surface area contributed by atoms with Gasteiger partial charge < -0.3 is 5.32 Å². The van der Waals surface area contributed by atoms with Gasteiger partial charge in [-0.25, -0.2) is 0 Å². The predicted molar refractivity (Wildman–Crippen MR) is 54.3 cm³/mol. The molecule has 0 aromatic carbocycles. The van der Waals surface area contributed by atoms with Crippen molar-refractivity contribution in [1.82, 2.24) is 5.32 Å². The standard InChI is InChI=1S/C11H23N/c1-5-10(12-4)9-7-6-8-11(9,2)3/h9-10,12H,5-8H2,1-4H3. The van der Waals surface area contributed by atoms with Crippen LogP contribution in [0.1, 0.15) is 46.5 Å². The van der Waals surface area contributed by atoms with E-state index < -0.39 is 0 Å². The predicted octanol–water partition coefficient (Wildman–Crippen LogP) is 2.81. The highest BCUT2D eigenvalue weighted by Gasteiger charge is 2.37. The molecular weight excluding hydrogens is 146 g/mol. The Morgan fingerprint density at radius 3 is 2.50 bits per heavy atom. The summed E-state index contributed by atoms with van der Waals surface area (Å²) in [5.41, 5.74) is 0.573. The Bertz CT molecular complexity index is 136. The van der Waals surface area contributed by atoms with Crippen molar-refractivity contribution < 1.29 is 0 Å². The maximum atomic E-state index is 3.45. The molecule has 0 bridgehead atoms. The Balaban J connectivity index is 2.60. The van der Waals surface area contributed by atoms with Crippen LogP contribution in [0.15, 0.2) is 0 Å². The van der Waals surface area contributed by atoms with E-state index in [1.165, 1.54) is 25.7 Å². The van der Waals surface area contributed by atoms with Gasteiger partial charge in [-0.05, 0) is 37.6 Å². The van der Waals surface area contributed by atoms with Gasteiger partial charge in [0.1, 0.15) is 0 Å². The maximum Gasteiger partial charge on any atom is 0.00947 e. The van der Waals surface area contributed by atoms with E-state index in [0.717, 1.165) is 12.0 Å². The van der Waals surface area contributed by atoms with E-state index in [2.05, 4.69) is 33.1 Å². The normalized spacial score (nSPS) is 30.5. The molecule has 1 nitrogen and oxygen atoms in total. The highest BCUT2D eigenvalue weighted by atomic mass is 14.9. The molecule has 1 rings (SSSR count). The monoisotopic (exact) mass is 169 g/mol. The lowest BCUT2D eigenvalue weighted by Gasteiger charge is -2.33. The molecule has 0 spiro atoms. The summed E-state index contributed by atoms with van der Waals surface area (Å²) in [7, 11) is 2.10. The van der Waals surface area contributed by atoms with E-state index in [0.29, 0.717) is 5.41 Å². The third-order valence-corrected chi connectivity index (χ3v) is 3.64. The first-order valence-corrected chi connectivity index (χ1v) is 5.29. The summed E-state index contributed by atoms with van der Waals surface area (Å²) in [6, 6.07) is 0.738. The van der Waals surface area contributed by atoms with Gasteiger partial charge in [0.25, 0.3) is 0 Å². The molecule has 0 aliphatic heterocycles. The van der Waals surface area contributed by atoms with Crippen LogP contribution in [0.3, 0.4) is 0 Å². The molecule has 0 heterocycles. The lowest BCUT2D eigenvalue weighted by atomic mass is 9.77. The molecule has 2 unspecified atom stereocenters. The molecule has 1 heteroatoms. The SMILES string of the molecule is CCC(NC)C1CCCC1(C)C. The molecule has 1 N–H and O–H groups in total. The minimum atomic E-state index is 0.573. The number of hydrogen-bond acceptors (Lipinski definition) is 1. The van der Waals surface area contributed by atoms with E-state index in [-0.39, 0.29) is 0 Å². The zero-order chi connectivity index (χ0) is 9.19. The lowest BCUT2D eigenvalue weighted by Crippen LogP contribution is -2.38. The van der Waals surface area contributed by atoms with E-state index in [1.54, 1.807) is 0 Å². The van der Waals surface area contributed by atoms with Crippen molar-refractivity contribution >= 4 is 0 Å². The van der Waals surface area contributed by atoms with Gasteiger partial charge in [-0.2, -0.15) is 0 Å². The summed E-state index contributed by atoms with van der Waals surface area (Å²) in [6.45, 7) is 7.13. The minimum absolute atomic E-state index is 0.573. The Hall–Kier alpha value is -0.0400. The Morgan fingerprint density at radius 1 is 1.50 bits per heavy atom. The summed E-state index contributed by atoms with van der Waals surface area (Å²) in [5.74, 6) is 0.896. The second kappa shape index (κ2) is 3.78. The third-order valence-electron chi connectivity index (χ3n) is 3.64. The molecule has 1 fully saturated rings. The van der Waals surface area contributed by atoms with Crippen LogP contribution in [0.25, 0.3) is 0 Å². The first-order valence-electron chi connectivity index (χ1n) is 5.29. The second-order valence-electron chi connectivity index (χ2n) is 4.79. The lowest BCUT2D eigenvalue weighted by molar-refractivity contribution is 0.199. The first-order chi connectivity index (χ1) is 5.61. The number of hydrogen-bond donors (Lipinski definition) is 1. The zero-order valence-electron chi connectivity index (χ0n) is 8.98. The molecule has 1 aliphatic rings. The fourth-order valence-electron chi connectivity index (χ4n) is 2.79. The van der Waals surface area contributed by atoms with Crippen LogP contribution < -0.4 is 5.32 Å². The highest BCUT2D eigenvalue weighted by Crippen LogP contribution is 2.44. The van der Waals surface area contributed by atoms with Crippen LogP contribution in [-0.2, 0) is 0 Å². The van der Waals surface area contributed by atoms with Crippen molar-refractivity contribution in [3.63, 3.8) is 0 Å². The van der Waals surface area contributed by atoms with Crippen molar-refractivity contribution in [2.24, 2.45) is 11.3 Å². The van der Waals surface area contributed by atoms with Crippen LogP contribution in [0.5, 0.6) is 0 Å². The van der Waals surface area contributed by atoms with Crippen molar-refractivity contribution in [1.29, 1.82) is 0 Å². The maximum absolute atomic E-state index is 3.45. The van der Waals surface area contributed by atoms with Crippen LogP contribution >= 0.6 is 0 Å². The molecule has 0 amide bonds. The van der Waals surface area contributed by atoms with E-state index in [1.807, 2.05) is 0 Å². The summed E-state index contributed by atoms with van der Waals surface area (Å²) >= 11 is 0. The van der Waals surface area contributed by atoms with Gasteiger partial charge in [-0.1, -0.05) is 27.2 Å². The number of rotatable bonds is 3. The number of nitrogens with one attached hydrogen (secondary N) is 1. The van der Waals surface area contributed by atoms with E-state index >= 15 is 0 Å². The smallest absolute Gasteiger partial charge is 0.00947 e. The fraction of sp³-hybridized carbons (Fsp3) is 1.00. The molecule has 1 saturated carbocycles. The quantitative estimate of drug-likeness (QED) is 0.685. The molecule has 0 aromatic heterocycles. The first kappa shape index (κ1) is 10.0. The molecule has 72 valence electrons. The van der Waals surface area contributed by atoms with Crippen molar-refractivity contribution in [3.8, 4) is 0 Å². The summed E-state index contributed by atoms with van der Waals surface area (Å²) in [5, 5.41) is 3.45. The zero-order valence-corrected chi connectivity index (χ0v) is 8.98. The summed E-state index contributed by atoms with van der Waals surface area (Å²) < 4.78 is 0. The molecule has 12 heavy (non-hydrogen) atoms. The van der Waals surface area contributed by atoms with Crippen molar-refractivity contribution in [2.75, 3.05) is 7.05 Å². The molecule has 0 saturated heterocycles. The average molecular weight is 169 g/mol. The minimum Gasteiger partial charge on any atom is -0.317 e. The molecule has 2 atom stereocenters. The van der Waals surface area contributed by atoms with Gasteiger partial charge >= 0.3 is 0 Å². The molecular formula is C11H23N. The fourth-order valence-corrected chi connectivity index (χ4v) is 2.79. The summed E-state index contributed by atoms with van der Waals surface area (Å²) in [6.07, 6.45) is 5.53. The summed E-state index contributed by atoms with van der Waals surface area (Å²) in [4.78, 5) is 0. The highest BCUT2D eigenvalue weighted by molar-refractivity contribution is 4.91. The Kier molecular flexibility index (Phi) is 3.16. The van der Waals surface area contributed by atoms with Crippen LogP contribution in [0.2, 0.25) is 0 Å². The molecule has 0 radical (unpaired) electrons. The van der Waals surface area contributed by atoms with Gasteiger partial charge in [0, 0.05) is 6.04 Å². The van der Waals surface area contributed by atoms with Crippen LogP contribution in [-0.4, -0.2) is 13.1 Å². The van der Waals surface area contributed by atoms with Gasteiger partial charge in [0.15, 0.2) is 0 Å². The largest absolute Gasteiger partial charge is 0.317 e. The van der Waals surface area contributed by atoms with Crippen molar-refractivity contribution in [3.05, 3.63) is 0 Å². The van der Waals surface area contributed by atoms with Gasteiger partial charge in [-0.15, -0.1) is 0 Å². The van der Waals surface area contributed by atoms with Crippen LogP contribution in [0, 0.1) is 11.3 Å². The molecule has 1 aliphatic carbocycles. The molecule has 0 aromatic rings. The Labute approximate surface area is 76.9 Å². The second-order valence-corrected chi connectivity index (χ2v) is 4.79. The van der Waals surface area contributed by atoms with E-state index in [9.17, 15) is 0 Å². The van der Waals surface area contributed by atoms with E-state index in [4.69, 9.17) is 0 Å². The van der Waals surface area contributed by atoms with Gasteiger partial charge in [0.05, 0.1) is 0 Å². The third kappa shape index (κ3) is 1.82. The van der Waals surface area contributed by atoms with Gasteiger partial charge in [0.2, 0.25) is 0 Å². The average Bonchev–Trinajstić information content (AvgIpc) is 2.34.